The first-order chi connectivity index (χ1) is 19.7. The largest absolute Gasteiger partial charge is 0.331 e. The van der Waals surface area contributed by atoms with E-state index < -0.39 is 0 Å². The highest BCUT2D eigenvalue weighted by molar-refractivity contribution is 6.21. The molecule has 190 valence electrons. The molecule has 2 unspecified atom stereocenters. The first-order valence-corrected chi connectivity index (χ1v) is 14.1. The predicted octanol–water partition coefficient (Wildman–Crippen LogP) is 10.4. The van der Waals surface area contributed by atoms with E-state index in [0.29, 0.717) is 5.92 Å². The van der Waals surface area contributed by atoms with Crippen molar-refractivity contribution in [1.29, 1.82) is 0 Å². The number of hydrogen-bond acceptors (Lipinski definition) is 1. The molecular formula is C39H29N. The molecule has 0 spiro atoms. The lowest BCUT2D eigenvalue weighted by Gasteiger charge is -2.39. The summed E-state index contributed by atoms with van der Waals surface area (Å²) >= 11 is 0. The smallest absolute Gasteiger partial charge is 0.0712 e. The molecule has 1 heteroatoms. The Kier molecular flexibility index (Phi) is 5.09. The number of fused-ring (bicyclic) bond motifs is 5. The van der Waals surface area contributed by atoms with Crippen LogP contribution in [0.5, 0.6) is 0 Å². The van der Waals surface area contributed by atoms with E-state index in [1.54, 1.807) is 0 Å². The molecule has 0 aromatic heterocycles. The number of para-hydroxylation sites is 1. The fourth-order valence-electron chi connectivity index (χ4n) is 7.12. The average Bonchev–Trinajstić information content (AvgIpc) is 3.28. The molecule has 0 saturated carbocycles. The summed E-state index contributed by atoms with van der Waals surface area (Å²) in [4.78, 5) is 2.52. The van der Waals surface area contributed by atoms with E-state index in [4.69, 9.17) is 0 Å². The quantitative estimate of drug-likeness (QED) is 0.214. The minimum atomic E-state index is -0.128. The van der Waals surface area contributed by atoms with E-state index in [1.807, 2.05) is 0 Å². The van der Waals surface area contributed by atoms with Crippen molar-refractivity contribution in [3.05, 3.63) is 157 Å². The summed E-state index contributed by atoms with van der Waals surface area (Å²) in [6, 6.07) is 46.6. The van der Waals surface area contributed by atoms with Crippen LogP contribution in [0.4, 0.5) is 11.4 Å². The fourth-order valence-corrected chi connectivity index (χ4v) is 7.12. The molecule has 8 rings (SSSR count). The molecule has 0 saturated heterocycles. The van der Waals surface area contributed by atoms with E-state index in [1.165, 1.54) is 60.7 Å². The van der Waals surface area contributed by atoms with Gasteiger partial charge in [0, 0.05) is 17.3 Å². The van der Waals surface area contributed by atoms with Crippen LogP contribution in [0.3, 0.4) is 0 Å². The van der Waals surface area contributed by atoms with Crippen LogP contribution in [0.15, 0.2) is 152 Å². The van der Waals surface area contributed by atoms with Crippen LogP contribution in [0.25, 0.3) is 43.8 Å². The van der Waals surface area contributed by atoms with Gasteiger partial charge in [-0.3, -0.25) is 0 Å². The highest BCUT2D eigenvalue weighted by Gasteiger charge is 2.46. The van der Waals surface area contributed by atoms with E-state index in [2.05, 4.69) is 164 Å². The molecule has 1 nitrogen and oxygen atoms in total. The first kappa shape index (κ1) is 23.0. The molecule has 1 aliphatic carbocycles. The normalized spacial score (nSPS) is 19.2. The van der Waals surface area contributed by atoms with Crippen LogP contribution in [0.1, 0.15) is 18.4 Å². The average molecular weight is 512 g/mol. The number of benzene rings is 6. The van der Waals surface area contributed by atoms with Crippen molar-refractivity contribution in [3.63, 3.8) is 0 Å². The zero-order valence-corrected chi connectivity index (χ0v) is 22.5. The lowest BCUT2D eigenvalue weighted by atomic mass is 9.80. The minimum Gasteiger partial charge on any atom is -0.331 e. The molecule has 0 N–H and O–H groups in total. The highest BCUT2D eigenvalue weighted by Crippen LogP contribution is 2.54. The Bertz CT molecular complexity index is 1910. The third-order valence-electron chi connectivity index (χ3n) is 8.88. The second-order valence-electron chi connectivity index (χ2n) is 11.1. The van der Waals surface area contributed by atoms with E-state index in [9.17, 15) is 0 Å². The third-order valence-corrected chi connectivity index (χ3v) is 8.88. The number of rotatable bonds is 3. The Labute approximate surface area is 235 Å². The summed E-state index contributed by atoms with van der Waals surface area (Å²) in [7, 11) is 0. The second-order valence-corrected chi connectivity index (χ2v) is 11.1. The van der Waals surface area contributed by atoms with Gasteiger partial charge in [-0.05, 0) is 74.5 Å². The summed E-state index contributed by atoms with van der Waals surface area (Å²) in [5.41, 5.74) is 8.86. The standard InChI is InChI=1S/C39H29N/c1-39-26-12-11-20-35(39)34-19-9-10-21-36(34)40(39)29-24-22-28(23-25-29)38-32-17-7-5-15-30(32)37(27-13-3-2-4-14-27)31-16-6-8-18-33(31)38/h2-26,35H,1H3. The zero-order valence-electron chi connectivity index (χ0n) is 22.5. The molecule has 1 aliphatic heterocycles. The van der Waals surface area contributed by atoms with Gasteiger partial charge in [-0.2, -0.15) is 0 Å². The molecule has 40 heavy (non-hydrogen) atoms. The van der Waals surface area contributed by atoms with Gasteiger partial charge in [-0.1, -0.05) is 133 Å². The van der Waals surface area contributed by atoms with Crippen molar-refractivity contribution in [2.24, 2.45) is 0 Å². The molecule has 6 aromatic rings. The molecule has 0 bridgehead atoms. The van der Waals surface area contributed by atoms with Gasteiger partial charge in [0.05, 0.1) is 5.54 Å². The van der Waals surface area contributed by atoms with Crippen LogP contribution in [-0.2, 0) is 0 Å². The number of hydrogen-bond donors (Lipinski definition) is 0. The number of nitrogens with zero attached hydrogens (tertiary/aromatic N) is 1. The molecule has 2 atom stereocenters. The molecule has 2 aliphatic rings. The summed E-state index contributed by atoms with van der Waals surface area (Å²) in [5.74, 6) is 0.340. The van der Waals surface area contributed by atoms with Gasteiger partial charge < -0.3 is 4.90 Å². The van der Waals surface area contributed by atoms with Crippen LogP contribution in [0.2, 0.25) is 0 Å². The lowest BCUT2D eigenvalue weighted by Crippen LogP contribution is -2.41. The van der Waals surface area contributed by atoms with Crippen LogP contribution >= 0.6 is 0 Å². The number of allylic oxidation sites excluding steroid dienone is 2. The van der Waals surface area contributed by atoms with Crippen molar-refractivity contribution in [3.8, 4) is 22.3 Å². The second kappa shape index (κ2) is 8.83. The molecule has 0 radical (unpaired) electrons. The number of anilines is 2. The highest BCUT2D eigenvalue weighted by atomic mass is 15.2. The fraction of sp³-hybridized carbons (Fsp3) is 0.0769. The van der Waals surface area contributed by atoms with Crippen LogP contribution in [0, 0.1) is 0 Å². The topological polar surface area (TPSA) is 3.24 Å². The maximum atomic E-state index is 2.52. The predicted molar refractivity (Wildman–Crippen MR) is 170 cm³/mol. The summed E-state index contributed by atoms with van der Waals surface area (Å²) in [6.45, 7) is 2.36. The minimum absolute atomic E-state index is 0.128. The maximum absolute atomic E-state index is 2.52. The Morgan fingerprint density at radius 2 is 1.05 bits per heavy atom. The van der Waals surface area contributed by atoms with Gasteiger partial charge >= 0.3 is 0 Å². The van der Waals surface area contributed by atoms with Crippen molar-refractivity contribution in [1.82, 2.24) is 0 Å². The van der Waals surface area contributed by atoms with Gasteiger partial charge in [0.25, 0.3) is 0 Å². The van der Waals surface area contributed by atoms with E-state index >= 15 is 0 Å². The van der Waals surface area contributed by atoms with E-state index in [0.717, 1.165) is 0 Å². The third kappa shape index (κ3) is 3.28. The van der Waals surface area contributed by atoms with Crippen molar-refractivity contribution in [2.75, 3.05) is 4.90 Å². The van der Waals surface area contributed by atoms with Crippen LogP contribution in [-0.4, -0.2) is 5.54 Å². The maximum Gasteiger partial charge on any atom is 0.0712 e. The van der Waals surface area contributed by atoms with Gasteiger partial charge in [0.2, 0.25) is 0 Å². The summed E-state index contributed by atoms with van der Waals surface area (Å²) in [5, 5.41) is 5.14. The van der Waals surface area contributed by atoms with Crippen molar-refractivity contribution < 1.29 is 0 Å². The molecular weight excluding hydrogens is 482 g/mol. The first-order valence-electron chi connectivity index (χ1n) is 14.1. The SMILES string of the molecule is CC12C=CC=CC1c1ccccc1N2c1ccc(-c2c3ccccc3c(-c3ccccc3)c3ccccc23)cc1. The Morgan fingerprint density at radius 1 is 0.525 bits per heavy atom. The van der Waals surface area contributed by atoms with Crippen molar-refractivity contribution in [2.45, 2.75) is 18.4 Å². The molecule has 0 fully saturated rings. The monoisotopic (exact) mass is 511 g/mol. The Balaban J connectivity index is 1.32. The van der Waals surface area contributed by atoms with Gasteiger partial charge in [0.15, 0.2) is 0 Å². The molecule has 0 amide bonds. The van der Waals surface area contributed by atoms with Crippen LogP contribution < -0.4 is 4.90 Å². The summed E-state index contributed by atoms with van der Waals surface area (Å²) < 4.78 is 0. The Morgan fingerprint density at radius 3 is 1.68 bits per heavy atom. The summed E-state index contributed by atoms with van der Waals surface area (Å²) in [6.07, 6.45) is 9.08. The molecule has 1 heterocycles. The van der Waals surface area contributed by atoms with Gasteiger partial charge in [0.1, 0.15) is 0 Å². The van der Waals surface area contributed by atoms with E-state index in [-0.39, 0.29) is 5.54 Å². The Hall–Kier alpha value is -4.88. The lowest BCUT2D eigenvalue weighted by molar-refractivity contribution is 0.542. The van der Waals surface area contributed by atoms with Gasteiger partial charge in [-0.15, -0.1) is 0 Å². The van der Waals surface area contributed by atoms with Gasteiger partial charge in [-0.25, -0.2) is 0 Å². The molecule has 6 aromatic carbocycles. The zero-order chi connectivity index (χ0) is 26.7. The van der Waals surface area contributed by atoms with Crippen molar-refractivity contribution >= 4 is 32.9 Å².